The zero-order chi connectivity index (χ0) is 18.2. The van der Waals surface area contributed by atoms with E-state index < -0.39 is 0 Å². The van der Waals surface area contributed by atoms with Crippen molar-refractivity contribution in [3.8, 4) is 0 Å². The van der Waals surface area contributed by atoms with E-state index in [0.717, 1.165) is 38.2 Å². The minimum Gasteiger partial charge on any atom is -0.370 e. The van der Waals surface area contributed by atoms with E-state index in [4.69, 9.17) is 28.9 Å². The molecule has 0 radical (unpaired) electrons. The van der Waals surface area contributed by atoms with Crippen LogP contribution in [0.5, 0.6) is 0 Å². The van der Waals surface area contributed by atoms with E-state index in [1.807, 2.05) is 19.1 Å². The van der Waals surface area contributed by atoms with Crippen molar-refractivity contribution in [1.82, 2.24) is 15.1 Å². The molecule has 1 saturated heterocycles. The molecule has 0 bridgehead atoms. The first kappa shape index (κ1) is 23.8. The van der Waals surface area contributed by atoms with Crippen LogP contribution in [0, 0.1) is 0 Å². The molecule has 1 aromatic carbocycles. The number of rotatable bonds is 6. The first-order valence-corrected chi connectivity index (χ1v) is 9.63. The number of likely N-dealkylation sites (N-methyl/N-ethyl adjacent to an activating group) is 1. The summed E-state index contributed by atoms with van der Waals surface area (Å²) in [6, 6.07) is 5.45. The highest BCUT2D eigenvalue weighted by Crippen LogP contribution is 2.25. The van der Waals surface area contributed by atoms with Gasteiger partial charge in [0, 0.05) is 29.7 Å². The monoisotopic (exact) mass is 513 g/mol. The maximum atomic E-state index is 6.23. The van der Waals surface area contributed by atoms with Crippen molar-refractivity contribution < 1.29 is 0 Å². The van der Waals surface area contributed by atoms with E-state index in [-0.39, 0.29) is 30.0 Å². The molecule has 3 N–H and O–H groups in total. The van der Waals surface area contributed by atoms with Crippen LogP contribution < -0.4 is 11.1 Å². The van der Waals surface area contributed by atoms with Crippen LogP contribution >= 0.6 is 47.2 Å². The molecule has 0 aromatic heterocycles. The summed E-state index contributed by atoms with van der Waals surface area (Å²) in [5.41, 5.74) is 6.96. The fourth-order valence-electron chi connectivity index (χ4n) is 3.02. The van der Waals surface area contributed by atoms with Gasteiger partial charge in [-0.25, -0.2) is 0 Å². The van der Waals surface area contributed by atoms with Gasteiger partial charge in [0.25, 0.3) is 0 Å². The molecule has 5 nitrogen and oxygen atoms in total. The smallest absolute Gasteiger partial charge is 0.189 e. The second kappa shape index (κ2) is 12.2. The summed E-state index contributed by atoms with van der Waals surface area (Å²) >= 11 is 12.2. The van der Waals surface area contributed by atoms with Gasteiger partial charge in [0.2, 0.25) is 0 Å². The molecule has 0 amide bonds. The average molecular weight is 514 g/mol. The molecular formula is C18H30Cl2IN5. The van der Waals surface area contributed by atoms with Crippen molar-refractivity contribution in [2.45, 2.75) is 25.8 Å². The first-order valence-electron chi connectivity index (χ1n) is 8.88. The molecular weight excluding hydrogens is 484 g/mol. The lowest BCUT2D eigenvalue weighted by Crippen LogP contribution is -2.34. The number of halogens is 3. The van der Waals surface area contributed by atoms with Crippen LogP contribution in [0.25, 0.3) is 0 Å². The lowest BCUT2D eigenvalue weighted by Gasteiger charge is -2.19. The molecule has 1 fully saturated rings. The van der Waals surface area contributed by atoms with Gasteiger partial charge < -0.3 is 20.9 Å². The molecule has 1 aliphatic heterocycles. The van der Waals surface area contributed by atoms with E-state index in [9.17, 15) is 0 Å². The molecule has 8 heteroatoms. The summed E-state index contributed by atoms with van der Waals surface area (Å²) in [7, 11) is 2.19. The third-order valence-corrected chi connectivity index (χ3v) is 5.08. The van der Waals surface area contributed by atoms with Crippen LogP contribution in [0.1, 0.15) is 31.4 Å². The number of guanidine groups is 1. The summed E-state index contributed by atoms with van der Waals surface area (Å²) < 4.78 is 0. The number of nitrogens with zero attached hydrogens (tertiary/aromatic N) is 3. The summed E-state index contributed by atoms with van der Waals surface area (Å²) in [5, 5.41) is 4.45. The SMILES string of the molecule is CC(NC(N)=NCCCN1CCCN(C)CC1)c1ccc(Cl)cc1Cl.I. The molecule has 1 aromatic rings. The normalized spacial score (nSPS) is 18.1. The van der Waals surface area contributed by atoms with Gasteiger partial charge >= 0.3 is 0 Å². The minimum absolute atomic E-state index is 0. The number of nitrogens with two attached hydrogens (primary N) is 1. The summed E-state index contributed by atoms with van der Waals surface area (Å²) in [5.74, 6) is 0.453. The Morgan fingerprint density at radius 3 is 2.77 bits per heavy atom. The van der Waals surface area contributed by atoms with E-state index in [0.29, 0.717) is 16.0 Å². The zero-order valence-electron chi connectivity index (χ0n) is 15.5. The topological polar surface area (TPSA) is 56.9 Å². The predicted octanol–water partition coefficient (Wildman–Crippen LogP) is 3.60. The summed E-state index contributed by atoms with van der Waals surface area (Å²) in [6.07, 6.45) is 2.25. The van der Waals surface area contributed by atoms with Crippen molar-refractivity contribution in [3.05, 3.63) is 33.8 Å². The third kappa shape index (κ3) is 8.17. The molecule has 1 unspecified atom stereocenters. The van der Waals surface area contributed by atoms with Crippen LogP contribution in [-0.4, -0.2) is 62.1 Å². The Hall–Kier alpha value is -0.280. The van der Waals surface area contributed by atoms with E-state index in [2.05, 4.69) is 27.2 Å². The van der Waals surface area contributed by atoms with Crippen molar-refractivity contribution in [2.24, 2.45) is 10.7 Å². The summed E-state index contributed by atoms with van der Waals surface area (Å²) in [4.78, 5) is 9.34. The predicted molar refractivity (Wildman–Crippen MR) is 123 cm³/mol. The Labute approximate surface area is 184 Å². The molecule has 26 heavy (non-hydrogen) atoms. The molecule has 2 rings (SSSR count). The van der Waals surface area contributed by atoms with Crippen LogP contribution in [0.2, 0.25) is 10.0 Å². The Kier molecular flexibility index (Phi) is 11.2. The van der Waals surface area contributed by atoms with Gasteiger partial charge in [0.1, 0.15) is 0 Å². The number of benzene rings is 1. The van der Waals surface area contributed by atoms with Crippen molar-refractivity contribution in [2.75, 3.05) is 46.3 Å². The Morgan fingerprint density at radius 1 is 1.27 bits per heavy atom. The first-order chi connectivity index (χ1) is 12.0. The second-order valence-corrected chi connectivity index (χ2v) is 7.49. The fourth-order valence-corrected chi connectivity index (χ4v) is 3.59. The lowest BCUT2D eigenvalue weighted by molar-refractivity contribution is 0.275. The van der Waals surface area contributed by atoms with Gasteiger partial charge in [0.05, 0.1) is 6.04 Å². The van der Waals surface area contributed by atoms with Crippen molar-refractivity contribution >= 4 is 53.1 Å². The Balaban J connectivity index is 0.00000338. The van der Waals surface area contributed by atoms with E-state index in [1.54, 1.807) is 6.07 Å². The standard InChI is InChI=1S/C18H29Cl2N5.HI/c1-14(16-6-5-15(19)13-17(16)20)23-18(21)22-7-3-9-25-10-4-8-24(2)11-12-25;/h5-6,13-14H,3-4,7-12H2,1-2H3,(H3,21,22,23);1H. The third-order valence-electron chi connectivity index (χ3n) is 4.52. The van der Waals surface area contributed by atoms with Gasteiger partial charge in [-0.15, -0.1) is 24.0 Å². The minimum atomic E-state index is -0.0188. The largest absolute Gasteiger partial charge is 0.370 e. The highest BCUT2D eigenvalue weighted by Gasteiger charge is 2.12. The molecule has 0 aliphatic carbocycles. The number of hydrogen-bond donors (Lipinski definition) is 2. The average Bonchev–Trinajstić information content (AvgIpc) is 2.76. The van der Waals surface area contributed by atoms with Gasteiger partial charge in [-0.05, 0) is 64.1 Å². The zero-order valence-corrected chi connectivity index (χ0v) is 19.4. The Bertz CT molecular complexity index is 585. The molecule has 0 saturated carbocycles. The number of hydrogen-bond acceptors (Lipinski definition) is 3. The summed E-state index contributed by atoms with van der Waals surface area (Å²) in [6.45, 7) is 8.46. The van der Waals surface area contributed by atoms with Crippen LogP contribution in [0.4, 0.5) is 0 Å². The molecule has 148 valence electrons. The molecule has 0 spiro atoms. The molecule has 1 aliphatic rings. The van der Waals surface area contributed by atoms with Gasteiger partial charge in [0.15, 0.2) is 5.96 Å². The lowest BCUT2D eigenvalue weighted by atomic mass is 10.1. The van der Waals surface area contributed by atoms with Crippen molar-refractivity contribution in [3.63, 3.8) is 0 Å². The van der Waals surface area contributed by atoms with Crippen LogP contribution in [-0.2, 0) is 0 Å². The fraction of sp³-hybridized carbons (Fsp3) is 0.611. The van der Waals surface area contributed by atoms with E-state index in [1.165, 1.54) is 19.5 Å². The molecule has 1 heterocycles. The van der Waals surface area contributed by atoms with Crippen molar-refractivity contribution in [1.29, 1.82) is 0 Å². The van der Waals surface area contributed by atoms with Gasteiger partial charge in [-0.1, -0.05) is 29.3 Å². The van der Waals surface area contributed by atoms with Gasteiger partial charge in [-0.2, -0.15) is 0 Å². The Morgan fingerprint density at radius 2 is 2.04 bits per heavy atom. The van der Waals surface area contributed by atoms with Crippen LogP contribution in [0.15, 0.2) is 23.2 Å². The number of aliphatic imine (C=N–C) groups is 1. The maximum absolute atomic E-state index is 6.23. The highest BCUT2D eigenvalue weighted by molar-refractivity contribution is 14.0. The van der Waals surface area contributed by atoms with Gasteiger partial charge in [-0.3, -0.25) is 4.99 Å². The van der Waals surface area contributed by atoms with E-state index >= 15 is 0 Å². The van der Waals surface area contributed by atoms with Crippen LogP contribution in [0.3, 0.4) is 0 Å². The number of nitrogens with one attached hydrogen (secondary N) is 1. The highest BCUT2D eigenvalue weighted by atomic mass is 127. The second-order valence-electron chi connectivity index (χ2n) is 6.65. The quantitative estimate of drug-likeness (QED) is 0.264. The molecule has 1 atom stereocenters. The maximum Gasteiger partial charge on any atom is 0.189 e.